The number of aromatic amines is 2. The van der Waals surface area contributed by atoms with E-state index in [2.05, 4.69) is 76.6 Å². The van der Waals surface area contributed by atoms with Crippen molar-refractivity contribution in [2.45, 2.75) is 32.1 Å². The molecule has 0 bridgehead atoms. The molecule has 5 rings (SSSR count). The molecule has 0 amide bonds. The molecule has 2 N–H and O–H groups in total. The van der Waals surface area contributed by atoms with E-state index in [1.165, 1.54) is 64.4 Å². The van der Waals surface area contributed by atoms with Gasteiger partial charge in [-0.3, -0.25) is 0 Å². The first-order chi connectivity index (χ1) is 13.3. The lowest BCUT2D eigenvalue weighted by Gasteiger charge is -2.32. The number of likely N-dealkylation sites (tertiary alicyclic amines) is 1. The average Bonchev–Trinajstić information content (AvgIpc) is 3.33. The zero-order valence-corrected chi connectivity index (χ0v) is 16.0. The topological polar surface area (TPSA) is 34.8 Å². The largest absolute Gasteiger partial charge is 0.361 e. The van der Waals surface area contributed by atoms with Gasteiger partial charge >= 0.3 is 0 Å². The van der Waals surface area contributed by atoms with Crippen LogP contribution in [-0.4, -0.2) is 34.5 Å². The number of hydrogen-bond donors (Lipinski definition) is 2. The molecule has 1 aliphatic heterocycles. The molecule has 1 aliphatic rings. The summed E-state index contributed by atoms with van der Waals surface area (Å²) in [5.41, 5.74) is 6.84. The zero-order valence-electron chi connectivity index (χ0n) is 16.0. The molecule has 0 radical (unpaired) electrons. The van der Waals surface area contributed by atoms with Crippen molar-refractivity contribution in [3.63, 3.8) is 0 Å². The van der Waals surface area contributed by atoms with Crippen molar-refractivity contribution in [1.29, 1.82) is 0 Å². The number of aryl methyl sites for hydroxylation is 1. The summed E-state index contributed by atoms with van der Waals surface area (Å²) in [6.45, 7) is 5.73. The molecule has 1 fully saturated rings. The molecule has 1 saturated heterocycles. The average molecular weight is 358 g/mol. The fourth-order valence-corrected chi connectivity index (χ4v) is 4.71. The Labute approximate surface area is 160 Å². The lowest BCUT2D eigenvalue weighted by Crippen LogP contribution is -2.34. The van der Waals surface area contributed by atoms with E-state index >= 15 is 0 Å². The smallest absolute Gasteiger partial charge is 0.0456 e. The number of piperidine rings is 1. The molecule has 0 atom stereocenters. The van der Waals surface area contributed by atoms with E-state index in [9.17, 15) is 0 Å². The van der Waals surface area contributed by atoms with Crippen LogP contribution in [-0.2, 0) is 6.42 Å². The van der Waals surface area contributed by atoms with Gasteiger partial charge in [0.2, 0.25) is 0 Å². The molecule has 3 heterocycles. The van der Waals surface area contributed by atoms with Crippen LogP contribution in [0.15, 0.2) is 54.9 Å². The lowest BCUT2D eigenvalue weighted by molar-refractivity contribution is 0.215. The highest BCUT2D eigenvalue weighted by Crippen LogP contribution is 2.33. The minimum Gasteiger partial charge on any atom is -0.361 e. The van der Waals surface area contributed by atoms with E-state index in [0.717, 1.165) is 13.0 Å². The first-order valence-corrected chi connectivity index (χ1v) is 10.1. The van der Waals surface area contributed by atoms with Gasteiger partial charge in [-0.05, 0) is 80.6 Å². The van der Waals surface area contributed by atoms with Crippen LogP contribution in [0.5, 0.6) is 0 Å². The Morgan fingerprint density at radius 2 is 1.81 bits per heavy atom. The summed E-state index contributed by atoms with van der Waals surface area (Å²) in [6.07, 6.45) is 7.91. The molecule has 138 valence electrons. The minimum atomic E-state index is 0.691. The molecule has 2 aromatic heterocycles. The third kappa shape index (κ3) is 3.17. The van der Waals surface area contributed by atoms with E-state index in [1.54, 1.807) is 0 Å². The predicted octanol–water partition coefficient (Wildman–Crippen LogP) is 5.38. The molecular weight excluding hydrogens is 330 g/mol. The second-order valence-corrected chi connectivity index (χ2v) is 8.02. The van der Waals surface area contributed by atoms with Crippen molar-refractivity contribution in [2.24, 2.45) is 0 Å². The molecule has 3 nitrogen and oxygen atoms in total. The minimum absolute atomic E-state index is 0.691. The normalized spacial score (nSPS) is 16.5. The number of hydrogen-bond acceptors (Lipinski definition) is 1. The van der Waals surface area contributed by atoms with Gasteiger partial charge < -0.3 is 14.9 Å². The summed E-state index contributed by atoms with van der Waals surface area (Å²) < 4.78 is 0. The van der Waals surface area contributed by atoms with Gasteiger partial charge in [0, 0.05) is 40.7 Å². The Hall–Kier alpha value is -2.52. The Morgan fingerprint density at radius 1 is 0.963 bits per heavy atom. The summed E-state index contributed by atoms with van der Waals surface area (Å²) in [7, 11) is 0. The Bertz CT molecular complexity index is 1060. The van der Waals surface area contributed by atoms with Crippen LogP contribution in [0.3, 0.4) is 0 Å². The molecule has 0 spiro atoms. The van der Waals surface area contributed by atoms with Crippen LogP contribution in [0, 0.1) is 6.92 Å². The maximum atomic E-state index is 3.42. The molecule has 27 heavy (non-hydrogen) atoms. The fraction of sp³-hybridized carbons (Fsp3) is 0.333. The van der Waals surface area contributed by atoms with Crippen LogP contribution >= 0.6 is 0 Å². The summed E-state index contributed by atoms with van der Waals surface area (Å²) in [6, 6.07) is 15.6. The van der Waals surface area contributed by atoms with E-state index in [0.29, 0.717) is 5.92 Å². The fourth-order valence-electron chi connectivity index (χ4n) is 4.71. The highest BCUT2D eigenvalue weighted by Gasteiger charge is 2.22. The van der Waals surface area contributed by atoms with Gasteiger partial charge in [0.1, 0.15) is 0 Å². The highest BCUT2D eigenvalue weighted by atomic mass is 15.1. The number of rotatable bonds is 4. The van der Waals surface area contributed by atoms with Gasteiger partial charge in [0.15, 0.2) is 0 Å². The van der Waals surface area contributed by atoms with Crippen LogP contribution in [0.2, 0.25) is 0 Å². The molecule has 4 aromatic rings. The van der Waals surface area contributed by atoms with E-state index in [-0.39, 0.29) is 0 Å². The highest BCUT2D eigenvalue weighted by molar-refractivity contribution is 5.84. The van der Waals surface area contributed by atoms with Crippen LogP contribution in [0.1, 0.15) is 35.4 Å². The number of nitrogens with one attached hydrogen (secondary N) is 2. The van der Waals surface area contributed by atoms with Crippen molar-refractivity contribution in [3.05, 3.63) is 71.5 Å². The molecule has 2 aromatic carbocycles. The first-order valence-electron chi connectivity index (χ1n) is 10.1. The molecular formula is C24H27N3. The van der Waals surface area contributed by atoms with Gasteiger partial charge in [0.05, 0.1) is 0 Å². The number of benzene rings is 2. The summed E-state index contributed by atoms with van der Waals surface area (Å²) in [5.74, 6) is 0.691. The number of fused-ring (bicyclic) bond motifs is 2. The number of nitrogens with zero attached hydrogens (tertiary/aromatic N) is 1. The van der Waals surface area contributed by atoms with E-state index < -0.39 is 0 Å². The standard InChI is InChI=1S/C24H27N3/c1-17-5-6-24-22(15-17)19(16-26-24)10-14-27-12-8-18(9-13-27)20-3-2-4-23-21(20)7-11-25-23/h2-7,11,15-16,18,25-26H,8-10,12-14H2,1H3. The van der Waals surface area contributed by atoms with Crippen LogP contribution in [0.25, 0.3) is 21.8 Å². The SMILES string of the molecule is Cc1ccc2[nH]cc(CCN3CCC(c4cccc5[nH]ccc45)CC3)c2c1. The number of H-pyrrole nitrogens is 2. The van der Waals surface area contributed by atoms with Gasteiger partial charge in [-0.2, -0.15) is 0 Å². The third-order valence-electron chi connectivity index (χ3n) is 6.28. The van der Waals surface area contributed by atoms with Gasteiger partial charge in [-0.25, -0.2) is 0 Å². The number of aromatic nitrogens is 2. The van der Waals surface area contributed by atoms with E-state index in [1.807, 2.05) is 0 Å². The van der Waals surface area contributed by atoms with Crippen molar-refractivity contribution in [1.82, 2.24) is 14.9 Å². The van der Waals surface area contributed by atoms with Crippen molar-refractivity contribution < 1.29 is 0 Å². The maximum absolute atomic E-state index is 3.42. The Balaban J connectivity index is 1.23. The Kier molecular flexibility index (Phi) is 4.25. The summed E-state index contributed by atoms with van der Waals surface area (Å²) >= 11 is 0. The predicted molar refractivity (Wildman–Crippen MR) is 113 cm³/mol. The van der Waals surface area contributed by atoms with Crippen molar-refractivity contribution in [2.75, 3.05) is 19.6 Å². The van der Waals surface area contributed by atoms with Crippen LogP contribution in [0.4, 0.5) is 0 Å². The second-order valence-electron chi connectivity index (χ2n) is 8.02. The van der Waals surface area contributed by atoms with Crippen LogP contribution < -0.4 is 0 Å². The van der Waals surface area contributed by atoms with Gasteiger partial charge in [-0.1, -0.05) is 23.8 Å². The van der Waals surface area contributed by atoms with Gasteiger partial charge in [0.25, 0.3) is 0 Å². The molecule has 0 unspecified atom stereocenters. The summed E-state index contributed by atoms with van der Waals surface area (Å²) in [4.78, 5) is 9.41. The third-order valence-corrected chi connectivity index (χ3v) is 6.28. The molecule has 0 saturated carbocycles. The maximum Gasteiger partial charge on any atom is 0.0456 e. The lowest BCUT2D eigenvalue weighted by atomic mass is 9.87. The second kappa shape index (κ2) is 6.90. The molecule has 0 aliphatic carbocycles. The van der Waals surface area contributed by atoms with Gasteiger partial charge in [-0.15, -0.1) is 0 Å². The zero-order chi connectivity index (χ0) is 18.2. The summed E-state index contributed by atoms with van der Waals surface area (Å²) in [5, 5.41) is 2.80. The Morgan fingerprint density at radius 3 is 2.70 bits per heavy atom. The van der Waals surface area contributed by atoms with Crippen molar-refractivity contribution in [3.8, 4) is 0 Å². The van der Waals surface area contributed by atoms with E-state index in [4.69, 9.17) is 0 Å². The van der Waals surface area contributed by atoms with Crippen molar-refractivity contribution >= 4 is 21.8 Å². The first kappa shape index (κ1) is 16.6. The quantitative estimate of drug-likeness (QED) is 0.505. The monoisotopic (exact) mass is 357 g/mol. The molecule has 3 heteroatoms.